The lowest BCUT2D eigenvalue weighted by Crippen LogP contribution is -2.67. The molecule has 2 saturated heterocycles. The van der Waals surface area contributed by atoms with Crippen molar-refractivity contribution in [3.05, 3.63) is 0 Å². The van der Waals surface area contributed by atoms with Gasteiger partial charge in [0.05, 0.1) is 6.10 Å². The Bertz CT molecular complexity index is 1580. The van der Waals surface area contributed by atoms with Crippen LogP contribution in [-0.4, -0.2) is 165 Å². The molecule has 1 N–H and O–H groups in total. The Morgan fingerprint density at radius 3 is 1.53 bits per heavy atom. The Labute approximate surface area is 356 Å². The lowest BCUT2D eigenvalue weighted by atomic mass is 9.96. The van der Waals surface area contributed by atoms with Crippen LogP contribution in [0.4, 0.5) is 0 Å². The van der Waals surface area contributed by atoms with E-state index in [4.69, 9.17) is 66.3 Å². The Balaban J connectivity index is 3.00. The van der Waals surface area contributed by atoms with Gasteiger partial charge in [-0.2, -0.15) is 0 Å². The molecule has 0 aromatic heterocycles. The number of aliphatic hydroxyl groups is 1. The lowest BCUT2D eigenvalue weighted by molar-refractivity contribution is -0.380. The van der Waals surface area contributed by atoms with Crippen LogP contribution in [-0.2, 0) is 109 Å². The number of hydrogen-bond donors (Lipinski definition) is 1. The minimum atomic E-state index is -2.27. The minimum absolute atomic E-state index is 0.0734. The smallest absolute Gasteiger partial charge is 0.305 e. The summed E-state index contributed by atoms with van der Waals surface area (Å²) < 4.78 is 79.5. The van der Waals surface area contributed by atoms with E-state index in [1.165, 1.54) is 6.92 Å². The molecule has 2 rings (SSSR count). The zero-order valence-electron chi connectivity index (χ0n) is 36.2. The first-order valence-electron chi connectivity index (χ1n) is 19.3. The highest BCUT2D eigenvalue weighted by molar-refractivity contribution is 5.70. The summed E-state index contributed by atoms with van der Waals surface area (Å²) in [6.45, 7) is 10.5. The van der Waals surface area contributed by atoms with E-state index in [1.807, 2.05) is 0 Å². The molecule has 24 nitrogen and oxygen atoms in total. The van der Waals surface area contributed by atoms with Crippen molar-refractivity contribution in [3.8, 4) is 0 Å². The third kappa shape index (κ3) is 17.0. The second kappa shape index (κ2) is 25.2. The fourth-order valence-corrected chi connectivity index (χ4v) is 6.26. The van der Waals surface area contributed by atoms with E-state index in [0.29, 0.717) is 6.42 Å². The summed E-state index contributed by atoms with van der Waals surface area (Å²) in [4.78, 5) is 111. The summed E-state index contributed by atoms with van der Waals surface area (Å²) in [5.74, 6) is -8.61. The predicted molar refractivity (Wildman–Crippen MR) is 197 cm³/mol. The fourth-order valence-electron chi connectivity index (χ4n) is 6.26. The van der Waals surface area contributed by atoms with Gasteiger partial charge < -0.3 is 71.4 Å². The third-order valence-electron chi connectivity index (χ3n) is 8.36. The van der Waals surface area contributed by atoms with Gasteiger partial charge in [-0.25, -0.2) is 0 Å². The van der Waals surface area contributed by atoms with Crippen molar-refractivity contribution in [2.24, 2.45) is 0 Å². The number of aliphatic hydroxyl groups excluding tert-OH is 1. The maximum absolute atomic E-state index is 12.8. The number of esters is 9. The summed E-state index contributed by atoms with van der Waals surface area (Å²) in [6, 6.07) is 0. The van der Waals surface area contributed by atoms with Crippen molar-refractivity contribution < 1.29 is 115 Å². The first kappa shape index (κ1) is 53.1. The summed E-state index contributed by atoms with van der Waals surface area (Å²) in [7, 11) is 0. The fraction of sp³-hybridized carbons (Fsp3) is 0.763. The normalized spacial score (nSPS) is 27.7. The van der Waals surface area contributed by atoms with Gasteiger partial charge in [0, 0.05) is 68.9 Å². The van der Waals surface area contributed by atoms with E-state index < -0.39 is 153 Å². The van der Waals surface area contributed by atoms with E-state index >= 15 is 0 Å². The minimum Gasteiger partial charge on any atom is -0.463 e. The third-order valence-corrected chi connectivity index (χ3v) is 8.36. The molecule has 0 spiro atoms. The van der Waals surface area contributed by atoms with Crippen LogP contribution in [0.1, 0.15) is 82.6 Å². The largest absolute Gasteiger partial charge is 0.463 e. The second-order valence-electron chi connectivity index (χ2n) is 13.9. The summed E-state index contributed by atoms with van der Waals surface area (Å²) in [5, 5.41) is 11.2. The van der Waals surface area contributed by atoms with Crippen molar-refractivity contribution in [2.75, 3.05) is 19.8 Å². The van der Waals surface area contributed by atoms with E-state index in [2.05, 4.69) is 0 Å². The van der Waals surface area contributed by atoms with Crippen molar-refractivity contribution in [2.45, 2.75) is 169 Å². The molecule has 2 aliphatic rings. The van der Waals surface area contributed by atoms with Crippen LogP contribution in [0.2, 0.25) is 0 Å². The topological polar surface area (TPSA) is 303 Å². The number of ether oxygens (including phenoxy) is 14. The average Bonchev–Trinajstić information content (AvgIpc) is 3.13. The van der Waals surface area contributed by atoms with Crippen molar-refractivity contribution >= 4 is 53.7 Å². The van der Waals surface area contributed by atoms with Crippen LogP contribution in [0.5, 0.6) is 0 Å². The summed E-state index contributed by atoms with van der Waals surface area (Å²) in [6.07, 6.45) is -24.4. The van der Waals surface area contributed by atoms with Crippen LogP contribution >= 0.6 is 0 Å². The molecule has 0 aliphatic carbocycles. The van der Waals surface area contributed by atoms with Gasteiger partial charge in [-0.3, -0.25) is 43.2 Å². The molecule has 0 bridgehead atoms. The molecule has 2 fully saturated rings. The molecule has 62 heavy (non-hydrogen) atoms. The van der Waals surface area contributed by atoms with Gasteiger partial charge in [-0.15, -0.1) is 0 Å². The zero-order chi connectivity index (χ0) is 47.0. The molecule has 14 atom stereocenters. The summed E-state index contributed by atoms with van der Waals surface area (Å²) in [5.41, 5.74) is 0. The van der Waals surface area contributed by atoms with Crippen molar-refractivity contribution in [1.82, 2.24) is 0 Å². The van der Waals surface area contributed by atoms with E-state index in [9.17, 15) is 48.3 Å². The highest BCUT2D eigenvalue weighted by Gasteiger charge is 2.58. The average molecular weight is 897 g/mol. The molecule has 2 aliphatic heterocycles. The quantitative estimate of drug-likeness (QED) is 0.0872. The summed E-state index contributed by atoms with van der Waals surface area (Å²) >= 11 is 0. The number of carbonyl (C=O) groups excluding carboxylic acids is 9. The molecule has 352 valence electrons. The second-order valence-corrected chi connectivity index (χ2v) is 13.9. The van der Waals surface area contributed by atoms with Crippen LogP contribution in [0.15, 0.2) is 0 Å². The van der Waals surface area contributed by atoms with E-state index in [-0.39, 0.29) is 6.61 Å². The molecular formula is C38H56O24. The standard InChI is InChI=1S/C38H56O24/c1-12-13-49-36-34(62-37-35(58-24(10)46)31(56-22(8)44)28(16(2)52-37)53-19(5)41)32(30(55-21(7)43)27(60-36)15-51-18(4)40)61-38(59-25(11)47)33(57-23(9)45)29(54-20(6)42)26(48)14-50-17(3)39/h16,26-38,48H,12-15H2,1-11H3/t16?,26?,27?,28-,29+,30+,31?,32?,33?,34?,35?,36+,37-,38-/m0/s1. The molecule has 0 aromatic carbocycles. The number of carbonyl (C=O) groups is 9. The molecule has 2 heterocycles. The van der Waals surface area contributed by atoms with Crippen LogP contribution in [0.3, 0.4) is 0 Å². The molecule has 24 heteroatoms. The first-order chi connectivity index (χ1) is 28.9. The van der Waals surface area contributed by atoms with Crippen molar-refractivity contribution in [3.63, 3.8) is 0 Å². The SMILES string of the molecule is CCCO[C@@H]1OC(COC(C)=O)[C@@H](OC(C)=O)C(O[C@H](OC(C)=O)C(OC(C)=O)[C@H](OC(C)=O)C(O)COC(C)=O)C1O[C@@H]1OC(C)[C@H](OC(C)=O)C(OC(C)=O)C1OC(C)=O. The maximum Gasteiger partial charge on any atom is 0.305 e. The number of hydrogen-bond acceptors (Lipinski definition) is 24. The molecule has 0 radical (unpaired) electrons. The number of rotatable bonds is 21. The molecule has 0 aromatic rings. The Morgan fingerprint density at radius 2 is 1.03 bits per heavy atom. The van der Waals surface area contributed by atoms with Gasteiger partial charge in [0.1, 0.15) is 37.6 Å². The van der Waals surface area contributed by atoms with Crippen molar-refractivity contribution in [1.29, 1.82) is 0 Å². The highest BCUT2D eigenvalue weighted by atomic mass is 16.8. The van der Waals surface area contributed by atoms with Gasteiger partial charge in [0.2, 0.25) is 12.4 Å². The Morgan fingerprint density at radius 1 is 0.532 bits per heavy atom. The molecule has 0 saturated carbocycles. The molecule has 0 amide bonds. The van der Waals surface area contributed by atoms with Crippen LogP contribution in [0, 0.1) is 0 Å². The molecular weight excluding hydrogens is 840 g/mol. The van der Waals surface area contributed by atoms with Gasteiger partial charge in [0.15, 0.2) is 43.1 Å². The Hall–Kier alpha value is -5.01. The Kier molecular flexibility index (Phi) is 21.6. The van der Waals surface area contributed by atoms with E-state index in [0.717, 1.165) is 62.3 Å². The maximum atomic E-state index is 12.8. The molecule has 8 unspecified atom stereocenters. The van der Waals surface area contributed by atoms with E-state index in [1.54, 1.807) is 6.92 Å². The first-order valence-corrected chi connectivity index (χ1v) is 19.3. The van der Waals surface area contributed by atoms with Gasteiger partial charge in [0.25, 0.3) is 0 Å². The highest BCUT2D eigenvalue weighted by Crippen LogP contribution is 2.36. The zero-order valence-corrected chi connectivity index (χ0v) is 36.2. The monoisotopic (exact) mass is 896 g/mol. The van der Waals surface area contributed by atoms with Gasteiger partial charge in [-0.1, -0.05) is 6.92 Å². The van der Waals surface area contributed by atoms with Crippen LogP contribution in [0.25, 0.3) is 0 Å². The lowest BCUT2D eigenvalue weighted by Gasteiger charge is -2.49. The van der Waals surface area contributed by atoms with Crippen LogP contribution < -0.4 is 0 Å². The predicted octanol–water partition coefficient (Wildman–Crippen LogP) is -0.380. The van der Waals surface area contributed by atoms with Gasteiger partial charge >= 0.3 is 53.7 Å². The van der Waals surface area contributed by atoms with Gasteiger partial charge in [-0.05, 0) is 13.3 Å².